The molecule has 5 heteroatoms. The highest BCUT2D eigenvalue weighted by atomic mass is 35.5. The van der Waals surface area contributed by atoms with Gasteiger partial charge < -0.3 is 9.64 Å². The average Bonchev–Trinajstić information content (AvgIpc) is 3.12. The maximum Gasteiger partial charge on any atom is 0.227 e. The predicted molar refractivity (Wildman–Crippen MR) is 96.0 cm³/mol. The molecule has 0 aromatic heterocycles. The van der Waals surface area contributed by atoms with Crippen LogP contribution in [-0.2, 0) is 16.1 Å². The molecule has 2 aliphatic rings. The second kappa shape index (κ2) is 8.32. The van der Waals surface area contributed by atoms with Gasteiger partial charge in [-0.3, -0.25) is 9.69 Å². The number of halogens is 1. The van der Waals surface area contributed by atoms with E-state index in [2.05, 4.69) is 11.0 Å². The number of hydrogen-bond acceptors (Lipinski definition) is 3. The molecule has 0 saturated carbocycles. The fraction of sp³-hybridized carbons (Fsp3) is 0.632. The molecule has 1 aromatic rings. The Morgan fingerprint density at radius 2 is 2.04 bits per heavy atom. The van der Waals surface area contributed by atoms with Gasteiger partial charge in [-0.2, -0.15) is 0 Å². The summed E-state index contributed by atoms with van der Waals surface area (Å²) in [6.45, 7) is 5.26. The van der Waals surface area contributed by atoms with E-state index in [0.717, 1.165) is 57.1 Å². The molecule has 2 fully saturated rings. The summed E-state index contributed by atoms with van der Waals surface area (Å²) in [5.74, 6) is 0.935. The van der Waals surface area contributed by atoms with Crippen LogP contribution in [0.3, 0.4) is 0 Å². The zero-order chi connectivity index (χ0) is 16.9. The van der Waals surface area contributed by atoms with Crippen LogP contribution in [0.15, 0.2) is 24.3 Å². The van der Waals surface area contributed by atoms with Crippen molar-refractivity contribution in [1.82, 2.24) is 9.80 Å². The number of amides is 1. The van der Waals surface area contributed by atoms with E-state index in [1.54, 1.807) is 0 Å². The molecule has 0 N–H and O–H groups in total. The molecule has 0 radical (unpaired) electrons. The zero-order valence-corrected chi connectivity index (χ0v) is 15.2. The largest absolute Gasteiger partial charge is 0.381 e. The van der Waals surface area contributed by atoms with Crippen LogP contribution in [0.5, 0.6) is 0 Å². The number of benzene rings is 1. The molecule has 0 spiro atoms. The first-order valence-electron chi connectivity index (χ1n) is 8.92. The number of piperidine rings is 1. The molecule has 1 unspecified atom stereocenters. The highest BCUT2D eigenvalue weighted by Crippen LogP contribution is 2.23. The van der Waals surface area contributed by atoms with Crippen molar-refractivity contribution in [1.29, 1.82) is 0 Å². The minimum Gasteiger partial charge on any atom is -0.381 e. The molecule has 2 saturated heterocycles. The van der Waals surface area contributed by atoms with E-state index >= 15 is 0 Å². The first-order chi connectivity index (χ1) is 11.6. The number of rotatable bonds is 5. The Balaban J connectivity index is 1.43. The van der Waals surface area contributed by atoms with Crippen LogP contribution in [0.1, 0.15) is 24.8 Å². The minimum absolute atomic E-state index is 0.0790. The van der Waals surface area contributed by atoms with Crippen molar-refractivity contribution in [2.45, 2.75) is 25.8 Å². The lowest BCUT2D eigenvalue weighted by Gasteiger charge is -2.34. The summed E-state index contributed by atoms with van der Waals surface area (Å²) < 4.78 is 5.33. The van der Waals surface area contributed by atoms with E-state index in [1.807, 2.05) is 30.1 Å². The van der Waals surface area contributed by atoms with Crippen LogP contribution in [0, 0.1) is 11.8 Å². The van der Waals surface area contributed by atoms with E-state index in [9.17, 15) is 4.79 Å². The summed E-state index contributed by atoms with van der Waals surface area (Å²) in [6.07, 6.45) is 3.16. The van der Waals surface area contributed by atoms with E-state index in [0.29, 0.717) is 12.5 Å². The fourth-order valence-electron chi connectivity index (χ4n) is 3.71. The van der Waals surface area contributed by atoms with Crippen LogP contribution in [0.4, 0.5) is 0 Å². The third kappa shape index (κ3) is 4.50. The lowest BCUT2D eigenvalue weighted by atomic mass is 9.95. The second-order valence-corrected chi connectivity index (χ2v) is 7.50. The molecular formula is C19H27ClN2O2. The van der Waals surface area contributed by atoms with Gasteiger partial charge in [0.2, 0.25) is 5.91 Å². The van der Waals surface area contributed by atoms with E-state index in [4.69, 9.17) is 16.3 Å². The number of carbonyl (C=O) groups excluding carboxylic acids is 1. The normalized spacial score (nSPS) is 22.7. The predicted octanol–water partition coefficient (Wildman–Crippen LogP) is 3.05. The Hall–Kier alpha value is -1.10. The van der Waals surface area contributed by atoms with E-state index in [1.165, 1.54) is 5.56 Å². The topological polar surface area (TPSA) is 32.8 Å². The van der Waals surface area contributed by atoms with Gasteiger partial charge in [-0.05, 0) is 49.9 Å². The third-order valence-electron chi connectivity index (χ3n) is 5.25. The van der Waals surface area contributed by atoms with Gasteiger partial charge in [0.1, 0.15) is 0 Å². The van der Waals surface area contributed by atoms with Gasteiger partial charge in [-0.15, -0.1) is 0 Å². The van der Waals surface area contributed by atoms with Crippen LogP contribution < -0.4 is 0 Å². The molecule has 0 bridgehead atoms. The molecule has 1 aromatic carbocycles. The molecule has 132 valence electrons. The average molecular weight is 351 g/mol. The second-order valence-electron chi connectivity index (χ2n) is 7.09. The quantitative estimate of drug-likeness (QED) is 0.818. The summed E-state index contributed by atoms with van der Waals surface area (Å²) in [7, 11) is 1.94. The Morgan fingerprint density at radius 3 is 2.71 bits per heavy atom. The molecule has 2 heterocycles. The molecular weight excluding hydrogens is 324 g/mol. The molecule has 0 aliphatic carbocycles. The highest BCUT2D eigenvalue weighted by Gasteiger charge is 2.28. The van der Waals surface area contributed by atoms with Gasteiger partial charge in [0, 0.05) is 31.8 Å². The van der Waals surface area contributed by atoms with Crippen molar-refractivity contribution < 1.29 is 9.53 Å². The smallest absolute Gasteiger partial charge is 0.227 e. The van der Waals surface area contributed by atoms with Crippen LogP contribution in [-0.4, -0.2) is 55.6 Å². The van der Waals surface area contributed by atoms with E-state index in [-0.39, 0.29) is 11.8 Å². The standard InChI is InChI=1S/C19H27ClN2O2/c1-21(19(23)17-8-11-24-14-17)12-15-6-9-22(10-7-15)13-16-4-2-3-5-18(16)20/h2-5,15,17H,6-14H2,1H3. The number of likely N-dealkylation sites (tertiary alicyclic amines) is 1. The summed E-state index contributed by atoms with van der Waals surface area (Å²) in [4.78, 5) is 16.8. The van der Waals surface area contributed by atoms with Crippen molar-refractivity contribution in [2.75, 3.05) is 39.9 Å². The maximum absolute atomic E-state index is 12.4. The van der Waals surface area contributed by atoms with Gasteiger partial charge in [0.05, 0.1) is 12.5 Å². The summed E-state index contributed by atoms with van der Waals surface area (Å²) in [5, 5.41) is 0.851. The summed E-state index contributed by atoms with van der Waals surface area (Å²) in [6, 6.07) is 8.07. The molecule has 3 rings (SSSR count). The number of carbonyl (C=O) groups is 1. The van der Waals surface area contributed by atoms with Crippen molar-refractivity contribution in [2.24, 2.45) is 11.8 Å². The lowest BCUT2D eigenvalue weighted by molar-refractivity contribution is -0.134. The first kappa shape index (κ1) is 17.7. The Morgan fingerprint density at radius 1 is 1.29 bits per heavy atom. The van der Waals surface area contributed by atoms with Gasteiger partial charge in [-0.25, -0.2) is 0 Å². The van der Waals surface area contributed by atoms with Crippen LogP contribution >= 0.6 is 11.6 Å². The Bertz CT molecular complexity index is 552. The highest BCUT2D eigenvalue weighted by molar-refractivity contribution is 6.31. The zero-order valence-electron chi connectivity index (χ0n) is 14.4. The monoisotopic (exact) mass is 350 g/mol. The lowest BCUT2D eigenvalue weighted by Crippen LogP contribution is -2.41. The fourth-order valence-corrected chi connectivity index (χ4v) is 3.91. The van der Waals surface area contributed by atoms with Gasteiger partial charge in [-0.1, -0.05) is 29.8 Å². The molecule has 2 aliphatic heterocycles. The molecule has 1 atom stereocenters. The van der Waals surface area contributed by atoms with Crippen molar-refractivity contribution in [3.8, 4) is 0 Å². The summed E-state index contributed by atoms with van der Waals surface area (Å²) >= 11 is 6.26. The number of ether oxygens (including phenoxy) is 1. The van der Waals surface area contributed by atoms with Gasteiger partial charge in [0.15, 0.2) is 0 Å². The Labute approximate surface area is 149 Å². The van der Waals surface area contributed by atoms with Crippen molar-refractivity contribution in [3.05, 3.63) is 34.9 Å². The third-order valence-corrected chi connectivity index (χ3v) is 5.61. The number of hydrogen-bond donors (Lipinski definition) is 0. The summed E-state index contributed by atoms with van der Waals surface area (Å²) in [5.41, 5.74) is 1.20. The molecule has 4 nitrogen and oxygen atoms in total. The van der Waals surface area contributed by atoms with Gasteiger partial charge in [0.25, 0.3) is 0 Å². The van der Waals surface area contributed by atoms with Crippen LogP contribution in [0.2, 0.25) is 5.02 Å². The minimum atomic E-state index is 0.0790. The van der Waals surface area contributed by atoms with Crippen LogP contribution in [0.25, 0.3) is 0 Å². The van der Waals surface area contributed by atoms with Crippen molar-refractivity contribution in [3.63, 3.8) is 0 Å². The van der Waals surface area contributed by atoms with Crippen molar-refractivity contribution >= 4 is 17.5 Å². The SMILES string of the molecule is CN(CC1CCN(Cc2ccccc2Cl)CC1)C(=O)C1CCOC1. The molecule has 1 amide bonds. The van der Waals surface area contributed by atoms with E-state index < -0.39 is 0 Å². The first-order valence-corrected chi connectivity index (χ1v) is 9.29. The van der Waals surface area contributed by atoms with Gasteiger partial charge >= 0.3 is 0 Å². The number of nitrogens with zero attached hydrogens (tertiary/aromatic N) is 2. The maximum atomic E-state index is 12.4. The Kier molecular flexibility index (Phi) is 6.14. The molecule has 24 heavy (non-hydrogen) atoms.